The fourth-order valence-electron chi connectivity index (χ4n) is 2.58. The Labute approximate surface area is 152 Å². The van der Waals surface area contributed by atoms with Crippen LogP contribution in [0.4, 0.5) is 5.69 Å². The first kappa shape index (κ1) is 17.6. The Balaban J connectivity index is 2.00. The fraction of sp³-hybridized carbons (Fsp3) is 0.294. The van der Waals surface area contributed by atoms with E-state index in [4.69, 9.17) is 0 Å². The van der Waals surface area contributed by atoms with Crippen molar-refractivity contribution in [3.05, 3.63) is 60.7 Å². The number of non-ortho nitro benzene ring substituents is 1. The number of aromatic nitrogens is 2. The van der Waals surface area contributed by atoms with E-state index >= 15 is 0 Å². The maximum atomic E-state index is 12.7. The molecule has 0 radical (unpaired) electrons. The summed E-state index contributed by atoms with van der Waals surface area (Å²) in [5.41, 5.74) is 1.82. The molecule has 1 aromatic carbocycles. The highest BCUT2D eigenvalue weighted by Gasteiger charge is 2.18. The Hall–Kier alpha value is -2.19. The number of aryl methyl sites for hydroxylation is 2. The third-order valence-electron chi connectivity index (χ3n) is 4.20. The van der Waals surface area contributed by atoms with Crippen molar-refractivity contribution in [2.75, 3.05) is 0 Å². The van der Waals surface area contributed by atoms with Gasteiger partial charge in [0.05, 0.1) is 10.3 Å². The molecule has 6 nitrogen and oxygen atoms in total. The van der Waals surface area contributed by atoms with Gasteiger partial charge in [-0.15, -0.1) is 11.3 Å². The Bertz CT molecular complexity index is 1040. The van der Waals surface area contributed by atoms with Crippen molar-refractivity contribution >= 4 is 39.0 Å². The number of rotatable bonds is 4. The van der Waals surface area contributed by atoms with Crippen LogP contribution in [0.5, 0.6) is 0 Å². The second kappa shape index (κ2) is 6.61. The monoisotopic (exact) mass is 375 g/mol. The molecule has 0 aliphatic heterocycles. The van der Waals surface area contributed by atoms with E-state index in [0.29, 0.717) is 10.5 Å². The van der Waals surface area contributed by atoms with Crippen molar-refractivity contribution in [2.45, 2.75) is 31.2 Å². The Morgan fingerprint density at radius 1 is 1.36 bits per heavy atom. The summed E-state index contributed by atoms with van der Waals surface area (Å²) in [6, 6.07) is 6.55. The van der Waals surface area contributed by atoms with Gasteiger partial charge in [-0.3, -0.25) is 19.5 Å². The minimum atomic E-state index is -0.405. The number of nitro groups is 1. The molecule has 25 heavy (non-hydrogen) atoms. The summed E-state index contributed by atoms with van der Waals surface area (Å²) >= 11 is 2.94. The molecule has 0 saturated carbocycles. The summed E-state index contributed by atoms with van der Waals surface area (Å²) in [5, 5.41) is 12.2. The van der Waals surface area contributed by atoms with Gasteiger partial charge in [0.1, 0.15) is 4.83 Å². The number of fused-ring (bicyclic) bond motifs is 1. The van der Waals surface area contributed by atoms with E-state index in [1.807, 2.05) is 26.8 Å². The van der Waals surface area contributed by atoms with Crippen LogP contribution in [0.1, 0.15) is 28.2 Å². The zero-order chi connectivity index (χ0) is 18.3. The molecule has 0 aliphatic carbocycles. The van der Waals surface area contributed by atoms with Crippen LogP contribution in [0.3, 0.4) is 0 Å². The van der Waals surface area contributed by atoms with Crippen molar-refractivity contribution in [3.8, 4) is 0 Å². The quantitative estimate of drug-likeness (QED) is 0.293. The largest absolute Gasteiger partial charge is 0.290 e. The van der Waals surface area contributed by atoms with Crippen LogP contribution in [0.25, 0.3) is 10.2 Å². The van der Waals surface area contributed by atoms with Crippen LogP contribution in [0.15, 0.2) is 34.2 Å². The lowest BCUT2D eigenvalue weighted by atomic mass is 10.1. The zero-order valence-electron chi connectivity index (χ0n) is 14.3. The smallest absolute Gasteiger partial charge is 0.269 e. The molecule has 8 heteroatoms. The van der Waals surface area contributed by atoms with Gasteiger partial charge in [0, 0.05) is 29.3 Å². The van der Waals surface area contributed by atoms with Gasteiger partial charge < -0.3 is 0 Å². The number of hydrogen-bond acceptors (Lipinski definition) is 6. The lowest BCUT2D eigenvalue weighted by Crippen LogP contribution is -2.20. The van der Waals surface area contributed by atoms with E-state index in [2.05, 4.69) is 4.98 Å². The number of hydrogen-bond donors (Lipinski definition) is 0. The molecule has 0 amide bonds. The molecule has 3 aromatic rings. The van der Waals surface area contributed by atoms with Crippen LogP contribution in [-0.2, 0) is 7.05 Å². The van der Waals surface area contributed by atoms with Crippen molar-refractivity contribution in [1.82, 2.24) is 9.55 Å². The predicted molar refractivity (Wildman–Crippen MR) is 102 cm³/mol. The number of benzene rings is 1. The minimum Gasteiger partial charge on any atom is -0.290 e. The van der Waals surface area contributed by atoms with Crippen LogP contribution in [-0.4, -0.2) is 14.5 Å². The van der Waals surface area contributed by atoms with E-state index in [-0.39, 0.29) is 16.5 Å². The van der Waals surface area contributed by atoms with Gasteiger partial charge in [0.15, 0.2) is 5.16 Å². The van der Waals surface area contributed by atoms with Gasteiger partial charge in [-0.25, -0.2) is 4.98 Å². The van der Waals surface area contributed by atoms with Crippen LogP contribution < -0.4 is 5.56 Å². The lowest BCUT2D eigenvalue weighted by molar-refractivity contribution is -0.384. The van der Waals surface area contributed by atoms with E-state index < -0.39 is 4.92 Å². The van der Waals surface area contributed by atoms with Gasteiger partial charge in [-0.1, -0.05) is 23.9 Å². The molecule has 0 N–H and O–H groups in total. The fourth-order valence-corrected chi connectivity index (χ4v) is 4.64. The third kappa shape index (κ3) is 3.19. The highest BCUT2D eigenvalue weighted by atomic mass is 32.2. The van der Waals surface area contributed by atoms with Crippen LogP contribution >= 0.6 is 23.1 Å². The molecule has 0 spiro atoms. The SMILES string of the molecule is Cc1sc2nc(SC(C)c3cccc([N+](=O)[O-])c3)n(C)c(=O)c2c1C. The van der Waals surface area contributed by atoms with Gasteiger partial charge in [0.2, 0.25) is 0 Å². The van der Waals surface area contributed by atoms with Gasteiger partial charge in [-0.05, 0) is 31.9 Å². The molecule has 0 aliphatic rings. The third-order valence-corrected chi connectivity index (χ3v) is 6.50. The summed E-state index contributed by atoms with van der Waals surface area (Å²) in [5.74, 6) is 0. The zero-order valence-corrected chi connectivity index (χ0v) is 15.9. The highest BCUT2D eigenvalue weighted by Crippen LogP contribution is 2.36. The van der Waals surface area contributed by atoms with E-state index in [1.165, 1.54) is 29.2 Å². The van der Waals surface area contributed by atoms with Crippen LogP contribution in [0.2, 0.25) is 0 Å². The molecule has 1 unspecified atom stereocenters. The van der Waals surface area contributed by atoms with E-state index in [9.17, 15) is 14.9 Å². The molecule has 2 aromatic heterocycles. The summed E-state index contributed by atoms with van der Waals surface area (Å²) in [4.78, 5) is 29.7. The normalized spacial score (nSPS) is 12.5. The molecule has 130 valence electrons. The van der Waals surface area contributed by atoms with Crippen molar-refractivity contribution in [2.24, 2.45) is 7.05 Å². The van der Waals surface area contributed by atoms with Gasteiger partial charge in [0.25, 0.3) is 11.2 Å². The van der Waals surface area contributed by atoms with Crippen molar-refractivity contribution in [3.63, 3.8) is 0 Å². The molecule has 2 heterocycles. The van der Waals surface area contributed by atoms with Crippen LogP contribution in [0, 0.1) is 24.0 Å². The average Bonchev–Trinajstić information content (AvgIpc) is 2.86. The lowest BCUT2D eigenvalue weighted by Gasteiger charge is -2.13. The molecular formula is C17H17N3O3S2. The Morgan fingerprint density at radius 2 is 2.08 bits per heavy atom. The molecule has 1 atom stereocenters. The highest BCUT2D eigenvalue weighted by molar-refractivity contribution is 7.99. The topological polar surface area (TPSA) is 78.0 Å². The van der Waals surface area contributed by atoms with Crippen molar-refractivity contribution in [1.29, 1.82) is 0 Å². The first-order chi connectivity index (χ1) is 11.8. The second-order valence-electron chi connectivity index (χ2n) is 5.83. The first-order valence-corrected chi connectivity index (χ1v) is 9.37. The minimum absolute atomic E-state index is 0.0550. The maximum absolute atomic E-state index is 12.7. The van der Waals surface area contributed by atoms with Gasteiger partial charge >= 0.3 is 0 Å². The maximum Gasteiger partial charge on any atom is 0.269 e. The van der Waals surface area contributed by atoms with Crippen molar-refractivity contribution < 1.29 is 4.92 Å². The summed E-state index contributed by atoms with van der Waals surface area (Å²) < 4.78 is 1.56. The summed E-state index contributed by atoms with van der Waals surface area (Å²) in [6.45, 7) is 5.88. The number of nitro benzene ring substituents is 1. The van der Waals surface area contributed by atoms with E-state index in [0.717, 1.165) is 20.8 Å². The standard InChI is InChI=1S/C17H17N3O3S2/c1-9-10(2)24-15-14(9)16(21)19(4)17(18-15)25-11(3)12-6-5-7-13(8-12)20(22)23/h5-8,11H,1-4H3. The molecule has 3 rings (SSSR count). The summed E-state index contributed by atoms with van der Waals surface area (Å²) in [7, 11) is 1.71. The Morgan fingerprint density at radius 3 is 2.76 bits per heavy atom. The molecule has 0 fully saturated rings. The molecular weight excluding hydrogens is 358 g/mol. The van der Waals surface area contributed by atoms with E-state index in [1.54, 1.807) is 23.7 Å². The first-order valence-electron chi connectivity index (χ1n) is 7.67. The Kier molecular flexibility index (Phi) is 4.66. The number of thioether (sulfide) groups is 1. The average molecular weight is 375 g/mol. The molecule has 0 bridgehead atoms. The summed E-state index contributed by atoms with van der Waals surface area (Å²) in [6.07, 6.45) is 0. The second-order valence-corrected chi connectivity index (χ2v) is 8.35. The predicted octanol–water partition coefficient (Wildman–Crippen LogP) is 4.37. The molecule has 0 saturated heterocycles. The number of nitrogens with zero attached hydrogens (tertiary/aromatic N) is 3. The van der Waals surface area contributed by atoms with Gasteiger partial charge in [-0.2, -0.15) is 0 Å². The number of thiophene rings is 1.